The summed E-state index contributed by atoms with van der Waals surface area (Å²) in [6, 6.07) is 0. The molecule has 1 atom stereocenters. The van der Waals surface area contributed by atoms with Crippen molar-refractivity contribution in [3.63, 3.8) is 0 Å². The molecule has 0 bridgehead atoms. The summed E-state index contributed by atoms with van der Waals surface area (Å²) in [6.07, 6.45) is 11.0. The second-order valence-electron chi connectivity index (χ2n) is 2.08. The highest BCUT2D eigenvalue weighted by Crippen LogP contribution is 2.16. The molecule has 0 spiro atoms. The third-order valence-corrected chi connectivity index (χ3v) is 1.45. The second-order valence-corrected chi connectivity index (χ2v) is 2.08. The van der Waals surface area contributed by atoms with Gasteiger partial charge in [0.2, 0.25) is 0 Å². The summed E-state index contributed by atoms with van der Waals surface area (Å²) in [7, 11) is 0. The maximum Gasteiger partial charge on any atom is 0.119 e. The lowest BCUT2D eigenvalue weighted by Gasteiger charge is -2.01. The van der Waals surface area contributed by atoms with Crippen LogP contribution in [0.25, 0.3) is 0 Å². The quantitative estimate of drug-likeness (QED) is 0.356. The molecular weight excluding hydrogens is 96.1 g/mol. The van der Waals surface area contributed by atoms with Crippen molar-refractivity contribution in [2.24, 2.45) is 5.92 Å². The smallest absolute Gasteiger partial charge is 0.0986 e. The first kappa shape index (κ1) is 5.49. The summed E-state index contributed by atoms with van der Waals surface area (Å²) in [5.74, 6) is 0.639. The van der Waals surface area contributed by atoms with Crippen LogP contribution in [0.5, 0.6) is 0 Å². The van der Waals surface area contributed by atoms with Crippen LogP contribution in [0.15, 0.2) is 24.8 Å². The first-order valence-corrected chi connectivity index (χ1v) is 3.04. The number of hydrogen-bond acceptors (Lipinski definition) is 0. The van der Waals surface area contributed by atoms with Crippen LogP contribution in [0.4, 0.5) is 0 Å². The van der Waals surface area contributed by atoms with Crippen LogP contribution in [0.1, 0.15) is 12.8 Å². The van der Waals surface area contributed by atoms with E-state index in [1.807, 2.05) is 6.08 Å². The first-order chi connectivity index (χ1) is 3.93. The minimum atomic E-state index is 0.639. The molecule has 0 nitrogen and oxygen atoms in total. The first-order valence-electron chi connectivity index (χ1n) is 3.04. The Bertz CT molecular complexity index is 101. The van der Waals surface area contributed by atoms with E-state index in [1.165, 1.54) is 0 Å². The van der Waals surface area contributed by atoms with Crippen LogP contribution in [0.2, 0.25) is 0 Å². The maximum atomic E-state index is 3.72. The normalized spacial score (nSPS) is 26.8. The summed E-state index contributed by atoms with van der Waals surface area (Å²) in [5.41, 5.74) is 0. The van der Waals surface area contributed by atoms with E-state index in [4.69, 9.17) is 0 Å². The van der Waals surface area contributed by atoms with Crippen molar-refractivity contribution < 1.29 is 0 Å². The highest BCUT2D eigenvalue weighted by atomic mass is 14.1. The standard InChI is InChI=1S/C8H11/c1-2-8-6-4-3-5-7-8/h2-4,7-8H,1,5-6H2/q+1. The van der Waals surface area contributed by atoms with Gasteiger partial charge in [0, 0.05) is 6.42 Å². The Hall–Kier alpha value is -0.650. The van der Waals surface area contributed by atoms with Crippen LogP contribution in [-0.4, -0.2) is 0 Å². The molecule has 0 N–H and O–H groups in total. The van der Waals surface area contributed by atoms with E-state index in [9.17, 15) is 0 Å². The molecule has 1 aliphatic carbocycles. The number of hydrogen-bond donors (Lipinski definition) is 0. The molecule has 1 unspecified atom stereocenters. The third kappa shape index (κ3) is 1.16. The average molecular weight is 107 g/mol. The largest absolute Gasteiger partial charge is 0.119 e. The fourth-order valence-electron chi connectivity index (χ4n) is 0.892. The highest BCUT2D eigenvalue weighted by molar-refractivity contribution is 5.04. The van der Waals surface area contributed by atoms with E-state index >= 15 is 0 Å². The molecule has 0 aromatic carbocycles. The van der Waals surface area contributed by atoms with Crippen molar-refractivity contribution in [2.45, 2.75) is 12.8 Å². The lowest BCUT2D eigenvalue weighted by molar-refractivity contribution is 0.722. The van der Waals surface area contributed by atoms with Crippen molar-refractivity contribution in [1.29, 1.82) is 0 Å². The lowest BCUT2D eigenvalue weighted by atomic mass is 9.95. The predicted octanol–water partition coefficient (Wildman–Crippen LogP) is 2.34. The molecule has 0 aromatic rings. The average Bonchev–Trinajstić information content (AvgIpc) is 1.90. The van der Waals surface area contributed by atoms with E-state index in [1.54, 1.807) is 0 Å². The van der Waals surface area contributed by atoms with Crippen LogP contribution in [0.3, 0.4) is 0 Å². The Balaban J connectivity index is 2.37. The summed E-state index contributed by atoms with van der Waals surface area (Å²) >= 11 is 0. The van der Waals surface area contributed by atoms with Gasteiger partial charge in [-0.1, -0.05) is 12.7 Å². The number of rotatable bonds is 1. The molecule has 42 valence electrons. The fourth-order valence-corrected chi connectivity index (χ4v) is 0.892. The zero-order valence-electron chi connectivity index (χ0n) is 5.01. The Morgan fingerprint density at radius 1 is 1.62 bits per heavy atom. The van der Waals surface area contributed by atoms with E-state index in [0.29, 0.717) is 5.92 Å². The minimum Gasteiger partial charge on any atom is -0.0986 e. The van der Waals surface area contributed by atoms with Crippen molar-refractivity contribution in [3.8, 4) is 0 Å². The Kier molecular flexibility index (Phi) is 1.79. The van der Waals surface area contributed by atoms with Crippen LogP contribution < -0.4 is 0 Å². The van der Waals surface area contributed by atoms with Gasteiger partial charge in [0.15, 0.2) is 0 Å². The van der Waals surface area contributed by atoms with Gasteiger partial charge in [0.25, 0.3) is 0 Å². The van der Waals surface area contributed by atoms with Gasteiger partial charge in [-0.15, -0.1) is 0 Å². The predicted molar refractivity (Wildman–Crippen MR) is 36.4 cm³/mol. The van der Waals surface area contributed by atoms with Gasteiger partial charge in [0.1, 0.15) is 12.3 Å². The van der Waals surface area contributed by atoms with Crippen LogP contribution in [0, 0.1) is 12.3 Å². The molecule has 0 heteroatoms. The van der Waals surface area contributed by atoms with E-state index in [-0.39, 0.29) is 0 Å². The molecule has 1 rings (SSSR count). The summed E-state index contributed by atoms with van der Waals surface area (Å²) in [5, 5.41) is 0. The van der Waals surface area contributed by atoms with E-state index < -0.39 is 0 Å². The van der Waals surface area contributed by atoms with Gasteiger partial charge in [0.05, 0.1) is 6.42 Å². The molecule has 8 heavy (non-hydrogen) atoms. The molecule has 0 radical (unpaired) electrons. The summed E-state index contributed by atoms with van der Waals surface area (Å²) in [4.78, 5) is 0. The van der Waals surface area contributed by atoms with Crippen molar-refractivity contribution >= 4 is 0 Å². The molecular formula is C8H11+. The van der Waals surface area contributed by atoms with Crippen molar-refractivity contribution in [1.82, 2.24) is 0 Å². The maximum absolute atomic E-state index is 3.72. The fraction of sp³-hybridized carbons (Fsp3) is 0.375. The van der Waals surface area contributed by atoms with Gasteiger partial charge in [-0.2, -0.15) is 0 Å². The zero-order valence-corrected chi connectivity index (χ0v) is 5.01. The van der Waals surface area contributed by atoms with Crippen molar-refractivity contribution in [2.75, 3.05) is 0 Å². The van der Waals surface area contributed by atoms with E-state index in [0.717, 1.165) is 12.8 Å². The molecule has 0 saturated heterocycles. The van der Waals surface area contributed by atoms with Crippen LogP contribution in [-0.2, 0) is 0 Å². The molecule has 0 saturated carbocycles. The monoisotopic (exact) mass is 107 g/mol. The van der Waals surface area contributed by atoms with Gasteiger partial charge in [-0.25, -0.2) is 0 Å². The van der Waals surface area contributed by atoms with E-state index in [2.05, 4.69) is 25.2 Å². The number of allylic oxidation sites excluding steroid dienone is 3. The highest BCUT2D eigenvalue weighted by Gasteiger charge is 2.12. The SMILES string of the molecule is C=CC1[CH+]CC=CC1. The van der Waals surface area contributed by atoms with Crippen LogP contribution >= 0.6 is 0 Å². The molecule has 0 amide bonds. The Labute approximate surface area is 50.9 Å². The lowest BCUT2D eigenvalue weighted by Crippen LogP contribution is -1.97. The summed E-state index contributed by atoms with van der Waals surface area (Å²) < 4.78 is 0. The Morgan fingerprint density at radius 3 is 2.88 bits per heavy atom. The summed E-state index contributed by atoms with van der Waals surface area (Å²) in [6.45, 7) is 3.72. The molecule has 1 aliphatic rings. The zero-order chi connectivity index (χ0) is 5.82. The van der Waals surface area contributed by atoms with Gasteiger partial charge >= 0.3 is 0 Å². The topological polar surface area (TPSA) is 0 Å². The molecule has 0 aliphatic heterocycles. The van der Waals surface area contributed by atoms with Crippen molar-refractivity contribution in [3.05, 3.63) is 31.2 Å². The molecule has 0 heterocycles. The third-order valence-electron chi connectivity index (χ3n) is 1.45. The minimum absolute atomic E-state index is 0.639. The van der Waals surface area contributed by atoms with Gasteiger partial charge in [-0.3, -0.25) is 0 Å². The second kappa shape index (κ2) is 2.61. The molecule has 0 aromatic heterocycles. The van der Waals surface area contributed by atoms with Gasteiger partial charge < -0.3 is 0 Å². The van der Waals surface area contributed by atoms with Gasteiger partial charge in [-0.05, 0) is 12.2 Å². The Morgan fingerprint density at radius 2 is 2.50 bits per heavy atom. The molecule has 0 fully saturated rings.